The smallest absolute Gasteiger partial charge is 0.326 e. The van der Waals surface area contributed by atoms with Crippen molar-refractivity contribution in [3.63, 3.8) is 0 Å². The van der Waals surface area contributed by atoms with E-state index in [4.69, 9.17) is 5.11 Å². The molecule has 0 aliphatic carbocycles. The third kappa shape index (κ3) is 6.03. The maximum Gasteiger partial charge on any atom is 0.326 e. The van der Waals surface area contributed by atoms with Gasteiger partial charge in [-0.15, -0.1) is 10.2 Å². The summed E-state index contributed by atoms with van der Waals surface area (Å²) in [5.41, 5.74) is 0. The van der Waals surface area contributed by atoms with Crippen molar-refractivity contribution >= 4 is 17.7 Å². The molecule has 0 bridgehead atoms. The molecule has 0 fully saturated rings. The highest BCUT2D eigenvalue weighted by atomic mass is 16.4. The first-order valence-electron chi connectivity index (χ1n) is 6.23. The Balaban J connectivity index is 2.30. The van der Waals surface area contributed by atoms with Crippen molar-refractivity contribution < 1.29 is 19.5 Å². The fourth-order valence-electron chi connectivity index (χ4n) is 1.57. The molecule has 9 heteroatoms. The number of ketones is 1. The van der Waals surface area contributed by atoms with E-state index >= 15 is 0 Å². The van der Waals surface area contributed by atoms with Gasteiger partial charge in [0.05, 0.1) is 0 Å². The number of hydrogen-bond donors (Lipinski definition) is 3. The molecule has 0 radical (unpaired) electrons. The molecule has 1 unspecified atom stereocenters. The monoisotopic (exact) mass is 283 g/mol. The van der Waals surface area contributed by atoms with Crippen LogP contribution < -0.4 is 5.32 Å². The lowest BCUT2D eigenvalue weighted by Gasteiger charge is -2.13. The zero-order valence-electron chi connectivity index (χ0n) is 11.1. The first-order chi connectivity index (χ1) is 9.49. The van der Waals surface area contributed by atoms with Crippen LogP contribution in [0.2, 0.25) is 0 Å². The van der Waals surface area contributed by atoms with Crippen molar-refractivity contribution in [1.82, 2.24) is 25.9 Å². The number of aryl methyl sites for hydroxylation is 1. The van der Waals surface area contributed by atoms with Gasteiger partial charge in [-0.25, -0.2) is 4.79 Å². The number of tetrazole rings is 1. The quantitative estimate of drug-likeness (QED) is 0.553. The van der Waals surface area contributed by atoms with Crippen molar-refractivity contribution in [2.75, 3.05) is 0 Å². The van der Waals surface area contributed by atoms with E-state index in [9.17, 15) is 14.4 Å². The predicted molar refractivity (Wildman–Crippen MR) is 66.6 cm³/mol. The molecular formula is C11H17N5O4. The molecule has 0 aliphatic heterocycles. The molecule has 1 aromatic rings. The van der Waals surface area contributed by atoms with Crippen LogP contribution in [0.4, 0.5) is 0 Å². The first kappa shape index (κ1) is 15.7. The minimum Gasteiger partial charge on any atom is -0.480 e. The third-order valence-electron chi connectivity index (χ3n) is 2.61. The molecule has 1 aromatic heterocycles. The standard InChI is InChI=1S/C11H17N5O4/c1-7(17)5-6-8(11(19)20)12-10(18)4-2-3-9-13-15-16-14-9/h8H,2-6H2,1H3,(H,12,18)(H,19,20)(H,13,14,15,16). The molecule has 9 nitrogen and oxygen atoms in total. The number of aromatic amines is 1. The van der Waals surface area contributed by atoms with Gasteiger partial charge in [0.2, 0.25) is 5.91 Å². The van der Waals surface area contributed by atoms with Gasteiger partial charge in [-0.2, -0.15) is 5.21 Å². The van der Waals surface area contributed by atoms with Crippen LogP contribution in [0.15, 0.2) is 0 Å². The summed E-state index contributed by atoms with van der Waals surface area (Å²) < 4.78 is 0. The SMILES string of the molecule is CC(=O)CCC(NC(=O)CCCc1nn[nH]n1)C(=O)O. The van der Waals surface area contributed by atoms with E-state index in [0.717, 1.165) is 0 Å². The summed E-state index contributed by atoms with van der Waals surface area (Å²) >= 11 is 0. The summed E-state index contributed by atoms with van der Waals surface area (Å²) in [5, 5.41) is 24.5. The Hall–Kier alpha value is -2.32. The third-order valence-corrected chi connectivity index (χ3v) is 2.61. The Bertz CT molecular complexity index is 459. The minimum atomic E-state index is -1.14. The van der Waals surface area contributed by atoms with Gasteiger partial charge in [-0.1, -0.05) is 5.21 Å². The molecule has 1 amide bonds. The number of carbonyl (C=O) groups is 3. The van der Waals surface area contributed by atoms with E-state index in [0.29, 0.717) is 18.7 Å². The highest BCUT2D eigenvalue weighted by Crippen LogP contribution is 2.02. The maximum atomic E-state index is 11.6. The Morgan fingerprint density at radius 3 is 2.65 bits per heavy atom. The van der Waals surface area contributed by atoms with E-state index in [1.165, 1.54) is 6.92 Å². The molecule has 0 aliphatic rings. The van der Waals surface area contributed by atoms with Crippen LogP contribution in [0.1, 0.15) is 38.4 Å². The summed E-state index contributed by atoms with van der Waals surface area (Å²) in [6, 6.07) is -1.03. The lowest BCUT2D eigenvalue weighted by molar-refractivity contribution is -0.142. The van der Waals surface area contributed by atoms with Crippen LogP contribution in [-0.2, 0) is 20.8 Å². The lowest BCUT2D eigenvalue weighted by atomic mass is 10.1. The van der Waals surface area contributed by atoms with Crippen LogP contribution in [0, 0.1) is 0 Å². The molecule has 0 aromatic carbocycles. The first-order valence-corrected chi connectivity index (χ1v) is 6.23. The second kappa shape index (κ2) is 7.97. The summed E-state index contributed by atoms with van der Waals surface area (Å²) in [6.07, 6.45) is 1.36. The van der Waals surface area contributed by atoms with Crippen molar-refractivity contribution in [3.8, 4) is 0 Å². The van der Waals surface area contributed by atoms with Gasteiger partial charge in [0.1, 0.15) is 11.8 Å². The minimum absolute atomic E-state index is 0.0985. The summed E-state index contributed by atoms with van der Waals surface area (Å²) in [5.74, 6) is -1.12. The molecule has 0 saturated carbocycles. The van der Waals surface area contributed by atoms with Crippen LogP contribution in [-0.4, -0.2) is 49.4 Å². The molecule has 3 N–H and O–H groups in total. The van der Waals surface area contributed by atoms with Crippen molar-refractivity contribution in [2.24, 2.45) is 0 Å². The predicted octanol–water partition coefficient (Wildman–Crippen LogP) is -0.539. The largest absolute Gasteiger partial charge is 0.480 e. The number of Topliss-reactive ketones (excluding diaryl/α,β-unsaturated/α-hetero) is 1. The number of amides is 1. The Morgan fingerprint density at radius 1 is 1.35 bits per heavy atom. The number of aliphatic carboxylic acids is 1. The number of aromatic nitrogens is 4. The second-order valence-corrected chi connectivity index (χ2v) is 4.38. The van der Waals surface area contributed by atoms with Gasteiger partial charge >= 0.3 is 5.97 Å². The Kier molecular flexibility index (Phi) is 6.27. The van der Waals surface area contributed by atoms with E-state index in [1.54, 1.807) is 0 Å². The number of hydrogen-bond acceptors (Lipinski definition) is 6. The van der Waals surface area contributed by atoms with Gasteiger partial charge in [0.25, 0.3) is 0 Å². The van der Waals surface area contributed by atoms with E-state index in [2.05, 4.69) is 25.9 Å². The number of H-pyrrole nitrogens is 1. The van der Waals surface area contributed by atoms with E-state index in [1.807, 2.05) is 0 Å². The zero-order chi connectivity index (χ0) is 15.0. The molecule has 1 rings (SSSR count). The Labute approximate surface area is 115 Å². The highest BCUT2D eigenvalue weighted by molar-refractivity contribution is 5.84. The number of carboxylic acids is 1. The van der Waals surface area contributed by atoms with Gasteiger partial charge in [-0.05, 0) is 19.8 Å². The second-order valence-electron chi connectivity index (χ2n) is 4.38. The molecule has 110 valence electrons. The number of rotatable bonds is 9. The Morgan fingerprint density at radius 2 is 2.10 bits per heavy atom. The number of nitrogens with one attached hydrogen (secondary N) is 2. The number of carboxylic acid groups (broad SMARTS) is 1. The fourth-order valence-corrected chi connectivity index (χ4v) is 1.57. The molecular weight excluding hydrogens is 266 g/mol. The van der Waals surface area contributed by atoms with Crippen LogP contribution in [0.3, 0.4) is 0 Å². The van der Waals surface area contributed by atoms with Crippen molar-refractivity contribution in [3.05, 3.63) is 5.82 Å². The number of carbonyl (C=O) groups excluding carboxylic acids is 2. The van der Waals surface area contributed by atoms with Crippen LogP contribution in [0.25, 0.3) is 0 Å². The van der Waals surface area contributed by atoms with Crippen molar-refractivity contribution in [1.29, 1.82) is 0 Å². The molecule has 1 atom stereocenters. The van der Waals surface area contributed by atoms with Gasteiger partial charge < -0.3 is 15.2 Å². The summed E-state index contributed by atoms with van der Waals surface area (Å²) in [6.45, 7) is 1.38. The van der Waals surface area contributed by atoms with Gasteiger partial charge in [-0.3, -0.25) is 4.79 Å². The summed E-state index contributed by atoms with van der Waals surface area (Å²) in [7, 11) is 0. The maximum absolute atomic E-state index is 11.6. The molecule has 1 heterocycles. The van der Waals surface area contributed by atoms with Crippen LogP contribution in [0.5, 0.6) is 0 Å². The van der Waals surface area contributed by atoms with Gasteiger partial charge in [0.15, 0.2) is 5.82 Å². The topological polar surface area (TPSA) is 138 Å². The van der Waals surface area contributed by atoms with E-state index in [-0.39, 0.29) is 31.0 Å². The van der Waals surface area contributed by atoms with E-state index < -0.39 is 12.0 Å². The average molecular weight is 283 g/mol. The average Bonchev–Trinajstić information content (AvgIpc) is 2.87. The van der Waals surface area contributed by atoms with Crippen LogP contribution >= 0.6 is 0 Å². The normalized spacial score (nSPS) is 11.8. The molecule has 0 saturated heterocycles. The summed E-state index contributed by atoms with van der Waals surface area (Å²) in [4.78, 5) is 33.4. The molecule has 20 heavy (non-hydrogen) atoms. The lowest BCUT2D eigenvalue weighted by Crippen LogP contribution is -2.41. The van der Waals surface area contributed by atoms with Gasteiger partial charge in [0, 0.05) is 19.3 Å². The fraction of sp³-hybridized carbons (Fsp3) is 0.636. The highest BCUT2D eigenvalue weighted by Gasteiger charge is 2.19. The number of nitrogens with zero attached hydrogens (tertiary/aromatic N) is 3. The van der Waals surface area contributed by atoms with Crippen molar-refractivity contribution in [2.45, 2.75) is 45.1 Å². The molecule has 0 spiro atoms. The zero-order valence-corrected chi connectivity index (χ0v) is 11.1.